The fourth-order valence-corrected chi connectivity index (χ4v) is 1.21. The number of hydrogen-bond donors (Lipinski definition) is 0. The standard InChI is InChI=1S/C10H10N2O2/c1-8-4-5-12(11-8)7-9(13)10-3-2-6-14-10/h2-6H,7H2,1H3. The average Bonchev–Trinajstić information content (AvgIpc) is 2.75. The van der Waals surface area contributed by atoms with Crippen molar-refractivity contribution in [3.8, 4) is 0 Å². The Hall–Kier alpha value is -1.84. The van der Waals surface area contributed by atoms with Crippen molar-refractivity contribution in [3.05, 3.63) is 42.1 Å². The lowest BCUT2D eigenvalue weighted by Gasteiger charge is -1.97. The number of rotatable bonds is 3. The summed E-state index contributed by atoms with van der Waals surface area (Å²) in [6.07, 6.45) is 3.26. The van der Waals surface area contributed by atoms with E-state index in [1.807, 2.05) is 13.0 Å². The van der Waals surface area contributed by atoms with Crippen molar-refractivity contribution in [1.29, 1.82) is 0 Å². The van der Waals surface area contributed by atoms with Gasteiger partial charge < -0.3 is 4.42 Å². The molecule has 0 radical (unpaired) electrons. The van der Waals surface area contributed by atoms with E-state index in [2.05, 4.69) is 5.10 Å². The van der Waals surface area contributed by atoms with Crippen molar-refractivity contribution >= 4 is 5.78 Å². The molecule has 2 aromatic heterocycles. The first-order chi connectivity index (χ1) is 6.75. The summed E-state index contributed by atoms with van der Waals surface area (Å²) in [5.41, 5.74) is 0.900. The molecule has 0 saturated heterocycles. The second-order valence-electron chi connectivity index (χ2n) is 3.06. The van der Waals surface area contributed by atoms with E-state index in [0.29, 0.717) is 5.76 Å². The van der Waals surface area contributed by atoms with Gasteiger partial charge in [0, 0.05) is 6.20 Å². The van der Waals surface area contributed by atoms with Crippen LogP contribution in [0.3, 0.4) is 0 Å². The quantitative estimate of drug-likeness (QED) is 0.691. The van der Waals surface area contributed by atoms with Crippen LogP contribution in [0.25, 0.3) is 0 Å². The second-order valence-corrected chi connectivity index (χ2v) is 3.06. The SMILES string of the molecule is Cc1ccn(CC(=O)c2ccco2)n1. The molecule has 0 aromatic carbocycles. The number of aryl methyl sites for hydroxylation is 1. The van der Waals surface area contributed by atoms with Gasteiger partial charge in [0.05, 0.1) is 12.0 Å². The topological polar surface area (TPSA) is 48.0 Å². The number of ketones is 1. The molecule has 0 atom stereocenters. The summed E-state index contributed by atoms with van der Waals surface area (Å²) in [4.78, 5) is 11.5. The fourth-order valence-electron chi connectivity index (χ4n) is 1.21. The normalized spacial score (nSPS) is 10.4. The van der Waals surface area contributed by atoms with Crippen LogP contribution < -0.4 is 0 Å². The molecule has 0 aliphatic heterocycles. The summed E-state index contributed by atoms with van der Waals surface area (Å²) >= 11 is 0. The number of carbonyl (C=O) groups excluding carboxylic acids is 1. The molecule has 0 aliphatic carbocycles. The molecule has 0 N–H and O–H groups in total. The number of furan rings is 1. The number of nitrogens with zero attached hydrogens (tertiary/aromatic N) is 2. The van der Waals surface area contributed by atoms with E-state index in [4.69, 9.17) is 4.42 Å². The Morgan fingerprint density at radius 2 is 2.43 bits per heavy atom. The summed E-state index contributed by atoms with van der Waals surface area (Å²) < 4.78 is 6.58. The zero-order chi connectivity index (χ0) is 9.97. The van der Waals surface area contributed by atoms with Gasteiger partial charge in [-0.05, 0) is 25.1 Å². The molecule has 0 unspecified atom stereocenters. The molecule has 0 fully saturated rings. The number of carbonyl (C=O) groups is 1. The molecule has 0 aliphatic rings. The minimum atomic E-state index is -0.0712. The van der Waals surface area contributed by atoms with Crippen LogP contribution in [0.4, 0.5) is 0 Å². The van der Waals surface area contributed by atoms with Crippen LogP contribution >= 0.6 is 0 Å². The first kappa shape index (κ1) is 8.74. The minimum absolute atomic E-state index is 0.0712. The maximum absolute atomic E-state index is 11.5. The maximum Gasteiger partial charge on any atom is 0.219 e. The second kappa shape index (κ2) is 3.49. The molecule has 0 spiro atoms. The third-order valence-corrected chi connectivity index (χ3v) is 1.88. The van der Waals surface area contributed by atoms with Gasteiger partial charge in [0.15, 0.2) is 5.76 Å². The molecule has 4 heteroatoms. The zero-order valence-corrected chi connectivity index (χ0v) is 7.80. The predicted octanol–water partition coefficient (Wildman–Crippen LogP) is 1.67. The molecule has 14 heavy (non-hydrogen) atoms. The van der Waals surface area contributed by atoms with Crippen LogP contribution in [0.2, 0.25) is 0 Å². The Kier molecular flexibility index (Phi) is 2.18. The summed E-state index contributed by atoms with van der Waals surface area (Å²) in [5.74, 6) is 0.302. The molecular weight excluding hydrogens is 180 g/mol. The van der Waals surface area contributed by atoms with E-state index in [0.717, 1.165) is 5.69 Å². The van der Waals surface area contributed by atoms with E-state index >= 15 is 0 Å². The van der Waals surface area contributed by atoms with Crippen molar-refractivity contribution in [2.45, 2.75) is 13.5 Å². The van der Waals surface area contributed by atoms with Crippen LogP contribution in [0.1, 0.15) is 16.2 Å². The van der Waals surface area contributed by atoms with Crippen LogP contribution in [0, 0.1) is 6.92 Å². The van der Waals surface area contributed by atoms with E-state index in [9.17, 15) is 4.79 Å². The summed E-state index contributed by atoms with van der Waals surface area (Å²) in [6, 6.07) is 5.20. The number of hydrogen-bond acceptors (Lipinski definition) is 3. The van der Waals surface area contributed by atoms with Gasteiger partial charge >= 0.3 is 0 Å². The van der Waals surface area contributed by atoms with Gasteiger partial charge in [-0.15, -0.1) is 0 Å². The van der Waals surface area contributed by atoms with Gasteiger partial charge in [0.1, 0.15) is 6.54 Å². The highest BCUT2D eigenvalue weighted by Gasteiger charge is 2.09. The molecule has 0 bridgehead atoms. The van der Waals surface area contributed by atoms with Gasteiger partial charge in [-0.3, -0.25) is 9.48 Å². The zero-order valence-electron chi connectivity index (χ0n) is 7.80. The Labute approximate surface area is 81.1 Å². The summed E-state index contributed by atoms with van der Waals surface area (Å²) in [5, 5.41) is 4.11. The van der Waals surface area contributed by atoms with E-state index in [1.54, 1.807) is 23.0 Å². The summed E-state index contributed by atoms with van der Waals surface area (Å²) in [6.45, 7) is 2.11. The molecule has 0 amide bonds. The first-order valence-corrected chi connectivity index (χ1v) is 4.32. The predicted molar refractivity (Wildman–Crippen MR) is 50.0 cm³/mol. The number of aromatic nitrogens is 2. The fraction of sp³-hybridized carbons (Fsp3) is 0.200. The highest BCUT2D eigenvalue weighted by Crippen LogP contribution is 2.03. The highest BCUT2D eigenvalue weighted by molar-refractivity contribution is 5.93. The molecule has 0 saturated carbocycles. The van der Waals surface area contributed by atoms with Gasteiger partial charge in [-0.1, -0.05) is 0 Å². The molecule has 2 rings (SSSR count). The van der Waals surface area contributed by atoms with Crippen molar-refractivity contribution in [2.24, 2.45) is 0 Å². The van der Waals surface area contributed by atoms with Crippen molar-refractivity contribution < 1.29 is 9.21 Å². The lowest BCUT2D eigenvalue weighted by atomic mass is 10.3. The Balaban J connectivity index is 2.09. The van der Waals surface area contributed by atoms with E-state index in [-0.39, 0.29) is 12.3 Å². The average molecular weight is 190 g/mol. The van der Waals surface area contributed by atoms with Crippen LogP contribution in [-0.4, -0.2) is 15.6 Å². The maximum atomic E-state index is 11.5. The molecule has 2 heterocycles. The van der Waals surface area contributed by atoms with Gasteiger partial charge in [-0.25, -0.2) is 0 Å². The highest BCUT2D eigenvalue weighted by atomic mass is 16.3. The molecule has 4 nitrogen and oxygen atoms in total. The van der Waals surface area contributed by atoms with E-state index < -0.39 is 0 Å². The van der Waals surface area contributed by atoms with Crippen LogP contribution in [-0.2, 0) is 6.54 Å². The largest absolute Gasteiger partial charge is 0.461 e. The Morgan fingerprint density at radius 1 is 1.57 bits per heavy atom. The monoisotopic (exact) mass is 190 g/mol. The minimum Gasteiger partial charge on any atom is -0.461 e. The van der Waals surface area contributed by atoms with Crippen LogP contribution in [0.15, 0.2) is 35.1 Å². The Morgan fingerprint density at radius 3 is 3.00 bits per heavy atom. The Bertz CT molecular complexity index is 429. The molecular formula is C10H10N2O2. The first-order valence-electron chi connectivity index (χ1n) is 4.32. The van der Waals surface area contributed by atoms with Gasteiger partial charge in [-0.2, -0.15) is 5.10 Å². The lowest BCUT2D eigenvalue weighted by Crippen LogP contribution is -2.10. The van der Waals surface area contributed by atoms with Gasteiger partial charge in [0.25, 0.3) is 0 Å². The third kappa shape index (κ3) is 1.74. The van der Waals surface area contributed by atoms with Crippen molar-refractivity contribution in [3.63, 3.8) is 0 Å². The molecule has 2 aromatic rings. The van der Waals surface area contributed by atoms with Crippen molar-refractivity contribution in [1.82, 2.24) is 9.78 Å². The lowest BCUT2D eigenvalue weighted by molar-refractivity contribution is 0.0940. The van der Waals surface area contributed by atoms with Gasteiger partial charge in [0.2, 0.25) is 5.78 Å². The van der Waals surface area contributed by atoms with Crippen molar-refractivity contribution in [2.75, 3.05) is 0 Å². The number of Topliss-reactive ketones (excluding diaryl/α,β-unsaturated/α-hetero) is 1. The smallest absolute Gasteiger partial charge is 0.219 e. The summed E-state index contributed by atoms with van der Waals surface area (Å²) in [7, 11) is 0. The van der Waals surface area contributed by atoms with Crippen LogP contribution in [0.5, 0.6) is 0 Å². The van der Waals surface area contributed by atoms with E-state index in [1.165, 1.54) is 6.26 Å². The molecule has 72 valence electrons. The third-order valence-electron chi connectivity index (χ3n) is 1.88.